The molecule has 38 heavy (non-hydrogen) atoms. The van der Waals surface area contributed by atoms with Gasteiger partial charge < -0.3 is 14.2 Å². The number of phosphoric ester groups is 1. The van der Waals surface area contributed by atoms with Crippen molar-refractivity contribution in [2.24, 2.45) is 5.11 Å². The number of benzene rings is 2. The Morgan fingerprint density at radius 2 is 1.42 bits per heavy atom. The molecule has 1 fully saturated rings. The topological polar surface area (TPSA) is 165 Å². The summed E-state index contributed by atoms with van der Waals surface area (Å²) in [4.78, 5) is 31.4. The zero-order valence-electron chi connectivity index (χ0n) is 20.9. The predicted molar refractivity (Wildman–Crippen MR) is 131 cm³/mol. The maximum atomic E-state index is 13.5. The summed E-state index contributed by atoms with van der Waals surface area (Å²) < 4.78 is 45.9. The van der Waals surface area contributed by atoms with E-state index in [0.29, 0.717) is 11.1 Å². The molecule has 0 N–H and O–H groups in total. The van der Waals surface area contributed by atoms with Crippen LogP contribution < -0.4 is 0 Å². The van der Waals surface area contributed by atoms with Gasteiger partial charge >= 0.3 is 19.8 Å². The smallest absolute Gasteiger partial charge is 0.458 e. The minimum absolute atomic E-state index is 0.136. The molecule has 0 aromatic heterocycles. The Hall–Kier alpha value is -3.28. The van der Waals surface area contributed by atoms with Gasteiger partial charge in [-0.05, 0) is 23.6 Å². The molecule has 3 rings (SSSR count). The molecule has 0 radical (unpaired) electrons. The van der Waals surface area contributed by atoms with E-state index in [2.05, 4.69) is 10.0 Å². The Bertz CT molecular complexity index is 1120. The van der Waals surface area contributed by atoms with Crippen LogP contribution in [0.5, 0.6) is 0 Å². The van der Waals surface area contributed by atoms with Crippen molar-refractivity contribution in [2.75, 3.05) is 0 Å². The summed E-state index contributed by atoms with van der Waals surface area (Å²) >= 11 is 0. The highest BCUT2D eigenvalue weighted by Crippen LogP contribution is 2.52. The molecular formula is C24H28N3O10P. The molecule has 0 aliphatic carbocycles. The predicted octanol–water partition coefficient (Wildman–Crippen LogP) is 4.76. The molecule has 0 amide bonds. The molecule has 13 nitrogen and oxygen atoms in total. The molecule has 2 aromatic carbocycles. The van der Waals surface area contributed by atoms with Gasteiger partial charge in [0.05, 0.1) is 19.3 Å². The molecule has 1 heterocycles. The maximum absolute atomic E-state index is 13.5. The van der Waals surface area contributed by atoms with Crippen LogP contribution in [-0.2, 0) is 60.2 Å². The van der Waals surface area contributed by atoms with Gasteiger partial charge in [-0.15, -0.1) is 4.67 Å². The first kappa shape index (κ1) is 29.3. The highest BCUT2D eigenvalue weighted by Gasteiger charge is 2.50. The first-order chi connectivity index (χ1) is 18.2. The van der Waals surface area contributed by atoms with Crippen molar-refractivity contribution >= 4 is 19.8 Å². The van der Waals surface area contributed by atoms with E-state index in [1.165, 1.54) is 6.92 Å². The molecule has 0 bridgehead atoms. The molecule has 1 aliphatic rings. The average Bonchev–Trinajstić information content (AvgIpc) is 2.90. The van der Waals surface area contributed by atoms with Gasteiger partial charge in [-0.3, -0.25) is 18.6 Å². The molecule has 1 saturated heterocycles. The van der Waals surface area contributed by atoms with Gasteiger partial charge in [0.25, 0.3) is 0 Å². The number of nitrogens with zero attached hydrogens (tertiary/aromatic N) is 3. The van der Waals surface area contributed by atoms with Gasteiger partial charge in [-0.1, -0.05) is 65.8 Å². The summed E-state index contributed by atoms with van der Waals surface area (Å²) in [5.41, 5.74) is 10.5. The van der Waals surface area contributed by atoms with Crippen LogP contribution >= 0.6 is 7.82 Å². The molecule has 1 aliphatic heterocycles. The van der Waals surface area contributed by atoms with Gasteiger partial charge in [-0.2, -0.15) is 4.89 Å². The van der Waals surface area contributed by atoms with Crippen molar-refractivity contribution in [1.29, 1.82) is 0 Å². The van der Waals surface area contributed by atoms with Crippen LogP contribution in [0.4, 0.5) is 0 Å². The second-order valence-corrected chi connectivity index (χ2v) is 9.75. The summed E-state index contributed by atoms with van der Waals surface area (Å²) in [6.07, 6.45) is -4.86. The van der Waals surface area contributed by atoms with Gasteiger partial charge in [0.1, 0.15) is 6.04 Å². The van der Waals surface area contributed by atoms with Crippen LogP contribution in [0.15, 0.2) is 65.8 Å². The number of phosphoric acid groups is 1. The van der Waals surface area contributed by atoms with Crippen molar-refractivity contribution in [3.63, 3.8) is 0 Å². The number of ether oxygens (including phenoxy) is 3. The van der Waals surface area contributed by atoms with Crippen molar-refractivity contribution in [1.82, 2.24) is 0 Å². The minimum atomic E-state index is -4.40. The second kappa shape index (κ2) is 14.0. The summed E-state index contributed by atoms with van der Waals surface area (Å²) in [6, 6.07) is 16.4. The van der Waals surface area contributed by atoms with E-state index >= 15 is 0 Å². The Labute approximate surface area is 219 Å². The van der Waals surface area contributed by atoms with Crippen LogP contribution in [-0.4, -0.2) is 42.6 Å². The van der Waals surface area contributed by atoms with E-state index in [1.807, 2.05) is 12.1 Å². The van der Waals surface area contributed by atoms with E-state index in [9.17, 15) is 14.2 Å². The van der Waals surface area contributed by atoms with E-state index in [0.717, 1.165) is 13.8 Å². The zero-order chi connectivity index (χ0) is 27.5. The molecule has 14 heteroatoms. The van der Waals surface area contributed by atoms with E-state index < -0.39 is 50.4 Å². The van der Waals surface area contributed by atoms with Crippen LogP contribution in [0.3, 0.4) is 0 Å². The fraction of sp³-hybridized carbons (Fsp3) is 0.417. The summed E-state index contributed by atoms with van der Waals surface area (Å²) in [5, 5.41) is 3.59. The SMILES string of the molecule is CC(=O)O[C@@H]1[C@@H](N=[N+]=[N-])[C@H](OOP(=O)(OCc2ccccc2)OCc2ccccc2)O[C@H](C)[C@@H]1OC(C)=O. The molecule has 0 saturated carbocycles. The quantitative estimate of drug-likeness (QED) is 0.0685. The van der Waals surface area contributed by atoms with Crippen molar-refractivity contribution in [3.8, 4) is 0 Å². The van der Waals surface area contributed by atoms with Gasteiger partial charge in [0, 0.05) is 18.8 Å². The van der Waals surface area contributed by atoms with Crippen LogP contribution in [0.2, 0.25) is 0 Å². The first-order valence-electron chi connectivity index (χ1n) is 11.6. The van der Waals surface area contributed by atoms with Crippen molar-refractivity contribution in [3.05, 3.63) is 82.2 Å². The first-order valence-corrected chi connectivity index (χ1v) is 13.0. The fourth-order valence-corrected chi connectivity index (χ4v) is 4.52. The fourth-order valence-electron chi connectivity index (χ4n) is 3.56. The van der Waals surface area contributed by atoms with Crippen LogP contribution in [0.1, 0.15) is 31.9 Å². The lowest BCUT2D eigenvalue weighted by Crippen LogP contribution is -2.59. The molecule has 5 atom stereocenters. The van der Waals surface area contributed by atoms with Gasteiger partial charge in [0.2, 0.25) is 6.29 Å². The molecular weight excluding hydrogens is 521 g/mol. The number of rotatable bonds is 12. The summed E-state index contributed by atoms with van der Waals surface area (Å²) in [7, 11) is -4.40. The molecule has 0 unspecified atom stereocenters. The lowest BCUT2D eigenvalue weighted by molar-refractivity contribution is -0.369. The van der Waals surface area contributed by atoms with E-state index in [4.69, 9.17) is 38.4 Å². The lowest BCUT2D eigenvalue weighted by atomic mass is 9.97. The van der Waals surface area contributed by atoms with Gasteiger partial charge in [0.15, 0.2) is 12.2 Å². The van der Waals surface area contributed by atoms with Crippen molar-refractivity contribution < 1.29 is 47.0 Å². The Morgan fingerprint density at radius 3 is 1.89 bits per heavy atom. The zero-order valence-corrected chi connectivity index (χ0v) is 21.8. The number of carbonyl (C=O) groups is 2. The van der Waals surface area contributed by atoms with Gasteiger partial charge in [-0.25, -0.2) is 4.57 Å². The average molecular weight is 549 g/mol. The highest BCUT2D eigenvalue weighted by atomic mass is 31.2. The molecule has 204 valence electrons. The standard InChI is InChI=1S/C24H28N3O10P/c1-16-22(34-17(2)28)23(35-18(3)29)21(26-27-25)24(33-16)36-37-38(30,31-14-19-10-6-4-7-11-19)32-15-20-12-8-5-9-13-20/h4-13,16,21-24H,14-15H2,1-3H3/t16-,21-,22+,23-,24+/m1/s1. The normalized spacial score (nSPS) is 23.2. The summed E-state index contributed by atoms with van der Waals surface area (Å²) in [6.45, 7) is 3.54. The third-order valence-corrected chi connectivity index (χ3v) is 6.39. The Morgan fingerprint density at radius 1 is 0.921 bits per heavy atom. The monoisotopic (exact) mass is 549 g/mol. The van der Waals surface area contributed by atoms with E-state index in [-0.39, 0.29) is 13.2 Å². The minimum Gasteiger partial charge on any atom is -0.458 e. The number of hydrogen-bond donors (Lipinski definition) is 0. The van der Waals surface area contributed by atoms with Crippen molar-refractivity contribution in [2.45, 2.75) is 64.6 Å². The lowest BCUT2D eigenvalue weighted by Gasteiger charge is -2.41. The van der Waals surface area contributed by atoms with Crippen LogP contribution in [0, 0.1) is 0 Å². The third kappa shape index (κ3) is 8.64. The third-order valence-electron chi connectivity index (χ3n) is 5.23. The van der Waals surface area contributed by atoms with Crippen LogP contribution in [0.25, 0.3) is 10.4 Å². The largest absolute Gasteiger partial charge is 0.502 e. The number of carbonyl (C=O) groups excluding carboxylic acids is 2. The number of esters is 2. The Balaban J connectivity index is 1.80. The number of azide groups is 1. The maximum Gasteiger partial charge on any atom is 0.502 e. The van der Waals surface area contributed by atoms with E-state index in [1.54, 1.807) is 48.5 Å². The molecule has 0 spiro atoms. The summed E-state index contributed by atoms with van der Waals surface area (Å²) in [5.74, 6) is -1.41. The highest BCUT2D eigenvalue weighted by molar-refractivity contribution is 7.48. The second-order valence-electron chi connectivity index (χ2n) is 8.19. The Kier molecular flexibility index (Phi) is 10.8. The molecule has 2 aromatic rings. The number of hydrogen-bond acceptors (Lipinski definition) is 11.